The average Bonchev–Trinajstić information content (AvgIpc) is 3.27. The molecule has 0 fully saturated rings. The Morgan fingerprint density at radius 3 is 2.48 bits per heavy atom. The summed E-state index contributed by atoms with van der Waals surface area (Å²) in [5.74, 6) is 1.55. The first-order chi connectivity index (χ1) is 14.2. The second kappa shape index (κ2) is 8.41. The Hall–Kier alpha value is -3.91. The van der Waals surface area contributed by atoms with Crippen molar-refractivity contribution in [3.63, 3.8) is 0 Å². The maximum absolute atomic E-state index is 12.1. The minimum atomic E-state index is -0.396. The third-order valence-electron chi connectivity index (χ3n) is 3.85. The largest absolute Gasteiger partial charge is 0.438 e. The lowest BCUT2D eigenvalue weighted by Crippen LogP contribution is -2.19. The fraction of sp³-hybridized carbons (Fsp3) is 0. The minimum absolute atomic E-state index is 0.353. The lowest BCUT2D eigenvalue weighted by Gasteiger charge is -2.10. The van der Waals surface area contributed by atoms with Gasteiger partial charge in [0, 0.05) is 24.1 Å². The van der Waals surface area contributed by atoms with E-state index >= 15 is 0 Å². The number of amides is 2. The predicted molar refractivity (Wildman–Crippen MR) is 110 cm³/mol. The van der Waals surface area contributed by atoms with E-state index < -0.39 is 6.03 Å². The van der Waals surface area contributed by atoms with Gasteiger partial charge >= 0.3 is 6.03 Å². The van der Waals surface area contributed by atoms with Gasteiger partial charge in [0.1, 0.15) is 12.1 Å². The maximum Gasteiger partial charge on any atom is 0.323 e. The first-order valence-corrected chi connectivity index (χ1v) is 8.98. The maximum atomic E-state index is 12.1. The molecule has 29 heavy (non-hydrogen) atoms. The van der Waals surface area contributed by atoms with Gasteiger partial charge in [0.25, 0.3) is 0 Å². The highest BCUT2D eigenvalue weighted by Crippen LogP contribution is 2.23. The van der Waals surface area contributed by atoms with Crippen LogP contribution < -0.4 is 15.4 Å². The third-order valence-corrected chi connectivity index (χ3v) is 4.18. The number of halogens is 1. The van der Waals surface area contributed by atoms with E-state index in [1.54, 1.807) is 84.0 Å². The monoisotopic (exact) mass is 406 g/mol. The molecule has 0 aliphatic carbocycles. The number of hydrogen-bond donors (Lipinski definition) is 2. The highest BCUT2D eigenvalue weighted by atomic mass is 35.5. The van der Waals surface area contributed by atoms with Crippen molar-refractivity contribution in [1.29, 1.82) is 0 Å². The van der Waals surface area contributed by atoms with Crippen molar-refractivity contribution >= 4 is 29.0 Å². The summed E-state index contributed by atoms with van der Waals surface area (Å²) in [5.41, 5.74) is 1.13. The molecule has 0 atom stereocenters. The fourth-order valence-corrected chi connectivity index (χ4v) is 2.66. The molecule has 8 nitrogen and oxygen atoms in total. The van der Waals surface area contributed by atoms with Crippen molar-refractivity contribution in [2.75, 3.05) is 10.6 Å². The van der Waals surface area contributed by atoms with Crippen LogP contribution in [0, 0.1) is 0 Å². The van der Waals surface area contributed by atoms with Crippen LogP contribution in [-0.4, -0.2) is 25.8 Å². The fourth-order valence-electron chi connectivity index (χ4n) is 2.47. The molecule has 4 aromatic rings. The average molecular weight is 407 g/mol. The Morgan fingerprint density at radius 2 is 1.79 bits per heavy atom. The highest BCUT2D eigenvalue weighted by molar-refractivity contribution is 6.33. The van der Waals surface area contributed by atoms with Crippen LogP contribution in [0.3, 0.4) is 0 Å². The number of anilines is 2. The van der Waals surface area contributed by atoms with Gasteiger partial charge in [-0.3, -0.25) is 4.57 Å². The summed E-state index contributed by atoms with van der Waals surface area (Å²) in [6.07, 6.45) is 5.08. The number of nitrogens with one attached hydrogen (secondary N) is 2. The number of imidazole rings is 1. The number of carbonyl (C=O) groups excluding carboxylic acids is 1. The van der Waals surface area contributed by atoms with Gasteiger partial charge in [0.05, 0.1) is 10.7 Å². The molecule has 2 amide bonds. The molecule has 4 rings (SSSR count). The third kappa shape index (κ3) is 4.69. The molecule has 0 saturated heterocycles. The number of hydrogen-bond acceptors (Lipinski definition) is 5. The summed E-state index contributed by atoms with van der Waals surface area (Å²) in [6.45, 7) is 0. The topological polar surface area (TPSA) is 94.0 Å². The van der Waals surface area contributed by atoms with Crippen LogP contribution in [0.25, 0.3) is 5.82 Å². The smallest absolute Gasteiger partial charge is 0.323 e. The zero-order chi connectivity index (χ0) is 20.1. The highest BCUT2D eigenvalue weighted by Gasteiger charge is 2.06. The molecule has 0 aliphatic heterocycles. The van der Waals surface area contributed by atoms with Crippen LogP contribution in [0.1, 0.15) is 0 Å². The number of urea groups is 1. The molecular formula is C20H15ClN6O2. The number of aromatic nitrogens is 4. The summed E-state index contributed by atoms with van der Waals surface area (Å²) in [4.78, 5) is 16.1. The van der Waals surface area contributed by atoms with Crippen molar-refractivity contribution < 1.29 is 9.53 Å². The summed E-state index contributed by atoms with van der Waals surface area (Å²) in [6, 6.07) is 17.0. The predicted octanol–water partition coefficient (Wildman–Crippen LogP) is 4.75. The molecule has 0 spiro atoms. The summed E-state index contributed by atoms with van der Waals surface area (Å²) < 4.78 is 7.42. The van der Waals surface area contributed by atoms with Crippen molar-refractivity contribution in [2.24, 2.45) is 0 Å². The zero-order valence-electron chi connectivity index (χ0n) is 15.0. The Kier molecular flexibility index (Phi) is 5.35. The zero-order valence-corrected chi connectivity index (χ0v) is 15.7. The van der Waals surface area contributed by atoms with E-state index in [9.17, 15) is 4.79 Å². The van der Waals surface area contributed by atoms with E-state index in [-0.39, 0.29) is 0 Å². The Bertz CT molecular complexity index is 1100. The van der Waals surface area contributed by atoms with Crippen LogP contribution in [0.15, 0.2) is 79.4 Å². The van der Waals surface area contributed by atoms with E-state index in [0.717, 1.165) is 0 Å². The molecule has 0 bridgehead atoms. The first-order valence-electron chi connectivity index (χ1n) is 8.60. The van der Waals surface area contributed by atoms with Crippen LogP contribution in [0.4, 0.5) is 16.2 Å². The number of ether oxygens (including phenoxy) is 1. The number of benzene rings is 2. The van der Waals surface area contributed by atoms with Gasteiger partial charge < -0.3 is 15.4 Å². The molecular weight excluding hydrogens is 392 g/mol. The van der Waals surface area contributed by atoms with E-state index in [4.69, 9.17) is 16.3 Å². The van der Waals surface area contributed by atoms with E-state index in [1.807, 2.05) is 0 Å². The van der Waals surface area contributed by atoms with Gasteiger partial charge in [-0.15, -0.1) is 10.2 Å². The van der Waals surface area contributed by atoms with Gasteiger partial charge in [0.15, 0.2) is 5.82 Å². The second-order valence-electron chi connectivity index (χ2n) is 5.89. The van der Waals surface area contributed by atoms with Crippen molar-refractivity contribution in [1.82, 2.24) is 19.7 Å². The van der Waals surface area contributed by atoms with Gasteiger partial charge in [-0.25, -0.2) is 9.78 Å². The molecule has 0 saturated carbocycles. The Balaban J connectivity index is 1.35. The van der Waals surface area contributed by atoms with E-state index in [1.165, 1.54) is 0 Å². The minimum Gasteiger partial charge on any atom is -0.438 e. The number of para-hydroxylation sites is 1. The van der Waals surface area contributed by atoms with Crippen LogP contribution in [0.2, 0.25) is 5.02 Å². The Labute approximate surface area is 171 Å². The summed E-state index contributed by atoms with van der Waals surface area (Å²) >= 11 is 6.03. The van der Waals surface area contributed by atoms with Gasteiger partial charge in [-0.05, 0) is 42.5 Å². The quantitative estimate of drug-likeness (QED) is 0.498. The first kappa shape index (κ1) is 18.5. The van der Waals surface area contributed by atoms with Crippen molar-refractivity contribution in [3.8, 4) is 17.4 Å². The van der Waals surface area contributed by atoms with Gasteiger partial charge in [-0.2, -0.15) is 0 Å². The molecule has 2 N–H and O–H groups in total. The van der Waals surface area contributed by atoms with Crippen LogP contribution >= 0.6 is 11.6 Å². The summed E-state index contributed by atoms with van der Waals surface area (Å²) in [5, 5.41) is 14.0. The Morgan fingerprint density at radius 1 is 0.966 bits per heavy atom. The lowest BCUT2D eigenvalue weighted by atomic mass is 10.3. The van der Waals surface area contributed by atoms with Gasteiger partial charge in [0.2, 0.25) is 5.88 Å². The molecule has 2 aromatic carbocycles. The molecule has 0 aliphatic rings. The molecule has 144 valence electrons. The SMILES string of the molecule is O=C(Nc1ccc(Oc2ccc(-n3ccnc3)nn2)cc1)Nc1ccccc1Cl. The van der Waals surface area contributed by atoms with Crippen molar-refractivity contribution in [2.45, 2.75) is 0 Å². The van der Waals surface area contributed by atoms with E-state index in [2.05, 4.69) is 25.8 Å². The summed E-state index contributed by atoms with van der Waals surface area (Å²) in [7, 11) is 0. The number of rotatable bonds is 5. The number of carbonyl (C=O) groups is 1. The second-order valence-corrected chi connectivity index (χ2v) is 6.29. The van der Waals surface area contributed by atoms with Crippen molar-refractivity contribution in [3.05, 3.63) is 84.4 Å². The van der Waals surface area contributed by atoms with Crippen LogP contribution in [-0.2, 0) is 0 Å². The molecule has 0 radical (unpaired) electrons. The van der Waals surface area contributed by atoms with E-state index in [0.29, 0.717) is 33.8 Å². The van der Waals surface area contributed by atoms with Crippen LogP contribution in [0.5, 0.6) is 11.6 Å². The molecule has 2 aromatic heterocycles. The standard InChI is InChI=1S/C20H15ClN6O2/c21-16-3-1-2-4-17(16)24-20(28)23-14-5-7-15(8-6-14)29-19-10-9-18(25-26-19)27-12-11-22-13-27/h1-13H,(H2,23,24,28). The van der Waals surface area contributed by atoms with Gasteiger partial charge in [-0.1, -0.05) is 23.7 Å². The normalized spacial score (nSPS) is 10.4. The molecule has 2 heterocycles. The number of nitrogens with zero attached hydrogens (tertiary/aromatic N) is 4. The lowest BCUT2D eigenvalue weighted by molar-refractivity contribution is 0.262. The molecule has 9 heteroatoms. The molecule has 0 unspecified atom stereocenters.